The van der Waals surface area contributed by atoms with Crippen molar-refractivity contribution in [2.24, 2.45) is 5.92 Å². The predicted molar refractivity (Wildman–Crippen MR) is 77.4 cm³/mol. The van der Waals surface area contributed by atoms with E-state index in [1.165, 1.54) is 25.7 Å². The van der Waals surface area contributed by atoms with Crippen molar-refractivity contribution in [3.05, 3.63) is 33.8 Å². The maximum absolute atomic E-state index is 10.4. The summed E-state index contributed by atoms with van der Waals surface area (Å²) in [6.07, 6.45) is 7.69. The largest absolute Gasteiger partial charge is 0.392 e. The lowest BCUT2D eigenvalue weighted by molar-refractivity contribution is 0.0986. The summed E-state index contributed by atoms with van der Waals surface area (Å²) in [7, 11) is 0. The molecule has 0 heterocycles. The van der Waals surface area contributed by atoms with Crippen LogP contribution in [0.25, 0.3) is 0 Å². The molecule has 0 radical (unpaired) electrons. The van der Waals surface area contributed by atoms with Crippen LogP contribution in [0.4, 0.5) is 0 Å². The fourth-order valence-corrected chi connectivity index (χ4v) is 3.19. The second-order valence-electron chi connectivity index (χ2n) is 5.24. The van der Waals surface area contributed by atoms with Gasteiger partial charge in [0.25, 0.3) is 0 Å². The highest BCUT2D eigenvalue weighted by molar-refractivity contribution is 6.42. The van der Waals surface area contributed by atoms with Gasteiger partial charge < -0.3 is 5.11 Å². The lowest BCUT2D eigenvalue weighted by Crippen LogP contribution is -2.22. The zero-order valence-electron chi connectivity index (χ0n) is 10.5. The molecule has 1 aromatic carbocycles. The van der Waals surface area contributed by atoms with Crippen molar-refractivity contribution < 1.29 is 5.11 Å². The molecule has 0 saturated heterocycles. The smallest absolute Gasteiger partial charge is 0.0625 e. The van der Waals surface area contributed by atoms with Crippen LogP contribution in [0.2, 0.25) is 10.0 Å². The Morgan fingerprint density at radius 2 is 1.78 bits per heavy atom. The van der Waals surface area contributed by atoms with Crippen LogP contribution in [0.15, 0.2) is 18.2 Å². The van der Waals surface area contributed by atoms with Gasteiger partial charge in [-0.3, -0.25) is 0 Å². The topological polar surface area (TPSA) is 20.2 Å². The molecule has 1 atom stereocenters. The minimum absolute atomic E-state index is 0.293. The van der Waals surface area contributed by atoms with Crippen molar-refractivity contribution in [3.8, 4) is 0 Å². The monoisotopic (exact) mass is 286 g/mol. The van der Waals surface area contributed by atoms with Gasteiger partial charge in [-0.1, -0.05) is 61.0 Å². The molecule has 100 valence electrons. The Hall–Kier alpha value is -0.240. The van der Waals surface area contributed by atoms with Gasteiger partial charge in [0, 0.05) is 6.42 Å². The summed E-state index contributed by atoms with van der Waals surface area (Å²) in [6, 6.07) is 5.63. The Morgan fingerprint density at radius 3 is 2.44 bits per heavy atom. The third kappa shape index (κ3) is 3.63. The Balaban J connectivity index is 2.01. The maximum atomic E-state index is 10.4. The van der Waals surface area contributed by atoms with E-state index in [0.717, 1.165) is 18.4 Å². The van der Waals surface area contributed by atoms with Crippen molar-refractivity contribution in [1.29, 1.82) is 0 Å². The average Bonchev–Trinajstić information content (AvgIpc) is 2.63. The third-order valence-electron chi connectivity index (χ3n) is 3.90. The van der Waals surface area contributed by atoms with Gasteiger partial charge in [-0.2, -0.15) is 0 Å². The van der Waals surface area contributed by atoms with Crippen LogP contribution in [0.3, 0.4) is 0 Å². The van der Waals surface area contributed by atoms with Crippen LogP contribution >= 0.6 is 23.2 Å². The van der Waals surface area contributed by atoms with Crippen molar-refractivity contribution in [2.45, 2.75) is 51.0 Å². The summed E-state index contributed by atoms with van der Waals surface area (Å²) >= 11 is 12.2. The van der Waals surface area contributed by atoms with Crippen LogP contribution in [-0.4, -0.2) is 11.2 Å². The van der Waals surface area contributed by atoms with E-state index in [4.69, 9.17) is 23.2 Å². The van der Waals surface area contributed by atoms with Crippen LogP contribution in [0, 0.1) is 5.92 Å². The van der Waals surface area contributed by atoms with E-state index in [2.05, 4.69) is 0 Å². The van der Waals surface area contributed by atoms with E-state index in [1.807, 2.05) is 12.1 Å². The summed E-state index contributed by atoms with van der Waals surface area (Å²) in [6.45, 7) is 0. The normalized spacial score (nSPS) is 19.5. The molecule has 0 amide bonds. The van der Waals surface area contributed by atoms with Crippen molar-refractivity contribution in [3.63, 3.8) is 0 Å². The number of benzene rings is 1. The Morgan fingerprint density at radius 1 is 1.11 bits per heavy atom. The Kier molecular flexibility index (Phi) is 5.35. The zero-order valence-corrected chi connectivity index (χ0v) is 12.1. The van der Waals surface area contributed by atoms with Gasteiger partial charge >= 0.3 is 0 Å². The van der Waals surface area contributed by atoms with E-state index in [9.17, 15) is 5.11 Å². The molecule has 1 aromatic rings. The lowest BCUT2D eigenvalue weighted by Gasteiger charge is -2.21. The molecule has 1 fully saturated rings. The molecule has 1 N–H and O–H groups in total. The predicted octanol–water partition coefficient (Wildman–Crippen LogP) is 4.87. The average molecular weight is 287 g/mol. The number of hydrogen-bond acceptors (Lipinski definition) is 1. The van der Waals surface area contributed by atoms with E-state index >= 15 is 0 Å². The number of rotatable bonds is 3. The highest BCUT2D eigenvalue weighted by Gasteiger charge is 2.21. The zero-order chi connectivity index (χ0) is 13.0. The summed E-state index contributed by atoms with van der Waals surface area (Å²) in [5.74, 6) is 0.419. The van der Waals surface area contributed by atoms with Gasteiger partial charge in [-0.15, -0.1) is 0 Å². The molecule has 1 aliphatic rings. The highest BCUT2D eigenvalue weighted by Crippen LogP contribution is 2.30. The van der Waals surface area contributed by atoms with Crippen molar-refractivity contribution >= 4 is 23.2 Å². The Bertz CT molecular complexity index is 384. The van der Waals surface area contributed by atoms with Gasteiger partial charge in [0.15, 0.2) is 0 Å². The first-order valence-corrected chi connectivity index (χ1v) is 7.55. The van der Waals surface area contributed by atoms with E-state index in [1.54, 1.807) is 6.07 Å². The molecule has 1 saturated carbocycles. The quantitative estimate of drug-likeness (QED) is 0.786. The molecule has 2 rings (SSSR count). The second kappa shape index (κ2) is 6.79. The van der Waals surface area contributed by atoms with E-state index < -0.39 is 0 Å². The fraction of sp³-hybridized carbons (Fsp3) is 0.600. The first-order chi connectivity index (χ1) is 8.68. The molecular weight excluding hydrogens is 267 g/mol. The molecule has 0 spiro atoms. The minimum Gasteiger partial charge on any atom is -0.392 e. The number of hydrogen-bond donors (Lipinski definition) is 1. The SMILES string of the molecule is OC(Cc1cccc(Cl)c1Cl)C1CCCCCC1. The molecule has 0 bridgehead atoms. The minimum atomic E-state index is -0.293. The third-order valence-corrected chi connectivity index (χ3v) is 4.76. The molecule has 0 aliphatic heterocycles. The van der Waals surface area contributed by atoms with Gasteiger partial charge in [-0.05, 0) is 30.4 Å². The van der Waals surface area contributed by atoms with Crippen molar-refractivity contribution in [2.75, 3.05) is 0 Å². The fourth-order valence-electron chi connectivity index (χ4n) is 2.79. The summed E-state index contributed by atoms with van der Waals surface area (Å²) in [4.78, 5) is 0. The molecule has 1 aliphatic carbocycles. The second-order valence-corrected chi connectivity index (χ2v) is 6.02. The van der Waals surface area contributed by atoms with Gasteiger partial charge in [-0.25, -0.2) is 0 Å². The van der Waals surface area contributed by atoms with Gasteiger partial charge in [0.2, 0.25) is 0 Å². The summed E-state index contributed by atoms with van der Waals surface area (Å²) in [5, 5.41) is 11.5. The number of aliphatic hydroxyl groups is 1. The first kappa shape index (κ1) is 14.2. The Labute approximate surface area is 119 Å². The molecule has 18 heavy (non-hydrogen) atoms. The molecule has 1 nitrogen and oxygen atoms in total. The van der Waals surface area contributed by atoms with Crippen LogP contribution in [0.1, 0.15) is 44.1 Å². The van der Waals surface area contributed by atoms with Crippen LogP contribution in [-0.2, 0) is 6.42 Å². The van der Waals surface area contributed by atoms with Gasteiger partial charge in [0.05, 0.1) is 16.1 Å². The molecular formula is C15H20Cl2O. The number of halogens is 2. The molecule has 0 aromatic heterocycles. The standard InChI is InChI=1S/C15H20Cl2O/c16-13-9-5-8-12(15(13)17)10-14(18)11-6-3-1-2-4-7-11/h5,8-9,11,14,18H,1-4,6-7,10H2. The molecule has 1 unspecified atom stereocenters. The van der Waals surface area contributed by atoms with Crippen LogP contribution < -0.4 is 0 Å². The highest BCUT2D eigenvalue weighted by atomic mass is 35.5. The van der Waals surface area contributed by atoms with Gasteiger partial charge in [0.1, 0.15) is 0 Å². The summed E-state index contributed by atoms with van der Waals surface area (Å²) < 4.78 is 0. The van der Waals surface area contributed by atoms with E-state index in [0.29, 0.717) is 22.4 Å². The van der Waals surface area contributed by atoms with Crippen LogP contribution in [0.5, 0.6) is 0 Å². The van der Waals surface area contributed by atoms with Crippen molar-refractivity contribution in [1.82, 2.24) is 0 Å². The lowest BCUT2D eigenvalue weighted by atomic mass is 9.90. The summed E-state index contributed by atoms with van der Waals surface area (Å²) in [5.41, 5.74) is 0.959. The number of aliphatic hydroxyl groups excluding tert-OH is 1. The first-order valence-electron chi connectivity index (χ1n) is 6.79. The molecule has 3 heteroatoms. The van der Waals surface area contributed by atoms with E-state index in [-0.39, 0.29) is 6.10 Å². The maximum Gasteiger partial charge on any atom is 0.0625 e.